The van der Waals surface area contributed by atoms with Crippen molar-refractivity contribution in [1.29, 1.82) is 0 Å². The third-order valence-corrected chi connectivity index (χ3v) is 4.37. The maximum atomic E-state index is 12.3. The Bertz CT molecular complexity index is 679. The van der Waals surface area contributed by atoms with Crippen LogP contribution in [0.25, 0.3) is 0 Å². The van der Waals surface area contributed by atoms with Crippen molar-refractivity contribution >= 4 is 17.8 Å². The first kappa shape index (κ1) is 18.4. The predicted octanol–water partition coefficient (Wildman–Crippen LogP) is -0.262. The van der Waals surface area contributed by atoms with Crippen LogP contribution < -0.4 is 11.1 Å². The van der Waals surface area contributed by atoms with Crippen molar-refractivity contribution in [2.45, 2.75) is 12.8 Å². The van der Waals surface area contributed by atoms with Crippen LogP contribution in [0.15, 0.2) is 12.1 Å². The summed E-state index contributed by atoms with van der Waals surface area (Å²) in [5.41, 5.74) is 6.84. The van der Waals surface area contributed by atoms with Gasteiger partial charge >= 0.3 is 6.03 Å². The highest BCUT2D eigenvalue weighted by atomic mass is 16.7. The summed E-state index contributed by atoms with van der Waals surface area (Å²) in [7, 11) is 3.62. The lowest BCUT2D eigenvalue weighted by molar-refractivity contribution is -0.150. The minimum Gasteiger partial charge on any atom is -0.373 e. The molecule has 2 aliphatic rings. The lowest BCUT2D eigenvalue weighted by Crippen LogP contribution is -2.58. The first-order valence-corrected chi connectivity index (χ1v) is 8.46. The number of aromatic nitrogens is 1. The summed E-state index contributed by atoms with van der Waals surface area (Å²) in [6.45, 7) is 2.36. The van der Waals surface area contributed by atoms with E-state index in [0.717, 1.165) is 0 Å². The maximum Gasteiger partial charge on any atom is 0.334 e. The molecule has 2 saturated heterocycles. The fraction of sp³-hybridized carbons (Fsp3) is 0.562. The Morgan fingerprint density at radius 1 is 1.38 bits per heavy atom. The monoisotopic (exact) mass is 364 g/mol. The average molecular weight is 364 g/mol. The molecule has 10 nitrogen and oxygen atoms in total. The third-order valence-electron chi connectivity index (χ3n) is 4.37. The van der Waals surface area contributed by atoms with Crippen LogP contribution in [-0.2, 0) is 20.8 Å². The summed E-state index contributed by atoms with van der Waals surface area (Å²) in [5, 5.41) is 5.62. The molecule has 3 amide bonds. The molecule has 1 aromatic heterocycles. The quantitative estimate of drug-likeness (QED) is 0.740. The smallest absolute Gasteiger partial charge is 0.334 e. The number of nitrogens with zero attached hydrogens (tertiary/aromatic N) is 4. The van der Waals surface area contributed by atoms with Crippen molar-refractivity contribution in [2.75, 3.05) is 52.3 Å². The molecule has 3 N–H and O–H groups in total. The van der Waals surface area contributed by atoms with Crippen LogP contribution in [0.4, 0.5) is 10.6 Å². The first-order chi connectivity index (χ1) is 12.5. The largest absolute Gasteiger partial charge is 0.373 e. The van der Waals surface area contributed by atoms with E-state index < -0.39 is 12.3 Å². The Balaban J connectivity index is 1.87. The van der Waals surface area contributed by atoms with Gasteiger partial charge in [0.05, 0.1) is 32.8 Å². The van der Waals surface area contributed by atoms with Gasteiger partial charge in [0.2, 0.25) is 6.29 Å². The minimum atomic E-state index is -0.695. The highest BCUT2D eigenvalue weighted by molar-refractivity contribution is 5.82. The molecule has 3 heterocycles. The van der Waals surface area contributed by atoms with Crippen LogP contribution >= 0.6 is 0 Å². The number of piperazine rings is 1. The molecule has 0 bridgehead atoms. The Labute approximate surface area is 151 Å². The number of amides is 3. The standard InChI is InChI=1S/C16H24N6O4/c1-18-12-4-3-11(14(19-12)15-25-7-8-26-15)9-22(16(17)24)21-6-5-20(2)10-13(21)23/h3-4,15H,5-10H2,1-2H3,(H2,17,24)(H,18,19). The number of nitrogens with one attached hydrogen (secondary N) is 1. The van der Waals surface area contributed by atoms with E-state index in [0.29, 0.717) is 43.4 Å². The lowest BCUT2D eigenvalue weighted by Gasteiger charge is -2.39. The van der Waals surface area contributed by atoms with Crippen molar-refractivity contribution in [2.24, 2.45) is 5.73 Å². The summed E-state index contributed by atoms with van der Waals surface area (Å²) in [4.78, 5) is 30.8. The van der Waals surface area contributed by atoms with Gasteiger partial charge in [0.25, 0.3) is 5.91 Å². The summed E-state index contributed by atoms with van der Waals surface area (Å²) in [5.74, 6) is 0.483. The fourth-order valence-corrected chi connectivity index (χ4v) is 2.98. The maximum absolute atomic E-state index is 12.3. The number of carbonyl (C=O) groups excluding carboxylic acids is 2. The number of primary amides is 1. The highest BCUT2D eigenvalue weighted by Gasteiger charge is 2.31. The minimum absolute atomic E-state index is 0.111. The Kier molecular flexibility index (Phi) is 5.55. The van der Waals surface area contributed by atoms with Crippen molar-refractivity contribution < 1.29 is 19.1 Å². The summed E-state index contributed by atoms with van der Waals surface area (Å²) < 4.78 is 11.1. The molecule has 0 aromatic carbocycles. The van der Waals surface area contributed by atoms with Gasteiger partial charge in [-0.25, -0.2) is 19.8 Å². The van der Waals surface area contributed by atoms with E-state index in [-0.39, 0.29) is 19.0 Å². The van der Waals surface area contributed by atoms with E-state index in [4.69, 9.17) is 15.2 Å². The van der Waals surface area contributed by atoms with Crippen LogP contribution in [0.1, 0.15) is 17.5 Å². The van der Waals surface area contributed by atoms with Gasteiger partial charge in [-0.15, -0.1) is 0 Å². The molecule has 0 aliphatic carbocycles. The number of hydrogen-bond donors (Lipinski definition) is 2. The fourth-order valence-electron chi connectivity index (χ4n) is 2.98. The Morgan fingerprint density at radius 2 is 2.12 bits per heavy atom. The average Bonchev–Trinajstić information content (AvgIpc) is 3.14. The van der Waals surface area contributed by atoms with Crippen molar-refractivity contribution in [3.05, 3.63) is 23.4 Å². The number of ether oxygens (including phenoxy) is 2. The van der Waals surface area contributed by atoms with Gasteiger partial charge in [-0.1, -0.05) is 6.07 Å². The Hall–Kier alpha value is -2.43. The number of hydrogen-bond acceptors (Lipinski definition) is 7. The molecule has 0 radical (unpaired) electrons. The van der Waals surface area contributed by atoms with Gasteiger partial charge in [0.1, 0.15) is 11.5 Å². The number of carbonyl (C=O) groups is 2. The molecule has 0 spiro atoms. The van der Waals surface area contributed by atoms with Gasteiger partial charge in [-0.05, 0) is 13.1 Å². The van der Waals surface area contributed by atoms with Crippen LogP contribution in [0.2, 0.25) is 0 Å². The number of urea groups is 1. The van der Waals surface area contributed by atoms with Crippen molar-refractivity contribution in [3.63, 3.8) is 0 Å². The Morgan fingerprint density at radius 3 is 2.73 bits per heavy atom. The SMILES string of the molecule is CNc1ccc(CN(C(N)=O)N2CCN(C)CC2=O)c(C2OCCO2)n1. The van der Waals surface area contributed by atoms with Gasteiger partial charge < -0.3 is 20.5 Å². The van der Waals surface area contributed by atoms with E-state index in [1.54, 1.807) is 13.1 Å². The van der Waals surface area contributed by atoms with Crippen molar-refractivity contribution in [1.82, 2.24) is 19.9 Å². The van der Waals surface area contributed by atoms with Crippen LogP contribution in [0.5, 0.6) is 0 Å². The van der Waals surface area contributed by atoms with Crippen molar-refractivity contribution in [3.8, 4) is 0 Å². The third kappa shape index (κ3) is 3.87. The molecule has 3 rings (SSSR count). The van der Waals surface area contributed by atoms with Crippen LogP contribution in [0, 0.1) is 0 Å². The van der Waals surface area contributed by atoms with Gasteiger partial charge in [0, 0.05) is 19.2 Å². The molecule has 1 aromatic rings. The second-order valence-electron chi connectivity index (χ2n) is 6.21. The predicted molar refractivity (Wildman–Crippen MR) is 92.8 cm³/mol. The summed E-state index contributed by atoms with van der Waals surface area (Å²) in [6.07, 6.45) is -0.601. The number of hydrazine groups is 1. The van der Waals surface area contributed by atoms with Crippen LogP contribution in [0.3, 0.4) is 0 Å². The first-order valence-electron chi connectivity index (χ1n) is 8.46. The molecule has 2 aliphatic heterocycles. The number of nitrogens with two attached hydrogens (primary N) is 1. The molecule has 0 saturated carbocycles. The molecule has 0 atom stereocenters. The van der Waals surface area contributed by atoms with E-state index in [9.17, 15) is 9.59 Å². The number of rotatable bonds is 5. The number of anilines is 1. The second kappa shape index (κ2) is 7.85. The molecule has 26 heavy (non-hydrogen) atoms. The van der Waals surface area contributed by atoms with Crippen LogP contribution in [-0.4, -0.2) is 78.8 Å². The zero-order valence-electron chi connectivity index (χ0n) is 15.0. The lowest BCUT2D eigenvalue weighted by atomic mass is 10.1. The molecular formula is C16H24N6O4. The van der Waals surface area contributed by atoms with E-state index in [1.165, 1.54) is 10.0 Å². The topological polar surface area (TPSA) is 113 Å². The van der Waals surface area contributed by atoms with E-state index in [1.807, 2.05) is 18.0 Å². The molecular weight excluding hydrogens is 340 g/mol. The normalized spacial score (nSPS) is 19.0. The number of likely N-dealkylation sites (N-methyl/N-ethyl adjacent to an activating group) is 1. The van der Waals surface area contributed by atoms with Gasteiger partial charge in [-0.3, -0.25) is 9.69 Å². The molecule has 0 unspecified atom stereocenters. The zero-order chi connectivity index (χ0) is 18.7. The number of pyridine rings is 1. The van der Waals surface area contributed by atoms with Gasteiger partial charge in [0.15, 0.2) is 0 Å². The molecule has 2 fully saturated rings. The van der Waals surface area contributed by atoms with Gasteiger partial charge in [-0.2, -0.15) is 0 Å². The summed E-state index contributed by atoms with van der Waals surface area (Å²) in [6, 6.07) is 2.92. The van der Waals surface area contributed by atoms with E-state index in [2.05, 4.69) is 10.3 Å². The highest BCUT2D eigenvalue weighted by Crippen LogP contribution is 2.27. The van der Waals surface area contributed by atoms with E-state index >= 15 is 0 Å². The molecule has 10 heteroatoms. The summed E-state index contributed by atoms with van der Waals surface area (Å²) >= 11 is 0. The zero-order valence-corrected chi connectivity index (χ0v) is 15.0. The molecule has 142 valence electrons. The second-order valence-corrected chi connectivity index (χ2v) is 6.21.